The lowest BCUT2D eigenvalue weighted by molar-refractivity contribution is -0.164. The van der Waals surface area contributed by atoms with Gasteiger partial charge >= 0.3 is 35.9 Å². The number of imidazole rings is 1. The van der Waals surface area contributed by atoms with Crippen molar-refractivity contribution in [3.8, 4) is 18.1 Å². The summed E-state index contributed by atoms with van der Waals surface area (Å²) in [5.74, 6) is -0.294. The van der Waals surface area contributed by atoms with E-state index in [0.29, 0.717) is 57.0 Å². The molecule has 0 saturated heterocycles. The predicted octanol–water partition coefficient (Wildman–Crippen LogP) is 7.10. The fourth-order valence-electron chi connectivity index (χ4n) is 7.51. The fraction of sp³-hybridized carbons (Fsp3) is 0.672. The van der Waals surface area contributed by atoms with E-state index in [2.05, 4.69) is 31.8 Å². The highest BCUT2D eigenvalue weighted by Gasteiger charge is 2.32. The average molecular weight is 1110 g/mol. The molecule has 21 heteroatoms. The number of ether oxygens (including phenoxy) is 6. The Morgan fingerprint density at radius 3 is 1.66 bits per heavy atom. The maximum atomic E-state index is 13.8. The normalized spacial score (nSPS) is 12.7. The summed E-state index contributed by atoms with van der Waals surface area (Å²) in [7, 11) is 0. The number of urea groups is 1. The first-order valence-corrected chi connectivity index (χ1v) is 27.1. The second kappa shape index (κ2) is 31.8. The number of terminal acetylenes is 1. The molecule has 442 valence electrons. The van der Waals surface area contributed by atoms with Crippen molar-refractivity contribution in [1.29, 1.82) is 0 Å². The lowest BCUT2D eigenvalue weighted by atomic mass is 10.1. The third-order valence-corrected chi connectivity index (χ3v) is 10.6. The Hall–Kier alpha value is -6.69. The van der Waals surface area contributed by atoms with Gasteiger partial charge in [-0.1, -0.05) is 24.5 Å². The van der Waals surface area contributed by atoms with Gasteiger partial charge in [-0.05, 0) is 167 Å². The molecule has 21 nitrogen and oxygen atoms in total. The van der Waals surface area contributed by atoms with Gasteiger partial charge in [0.1, 0.15) is 77.9 Å². The SMILES string of the molecule is C#CCOc1ccc(CN(CCCCCC(=O)NCCCCC(NC(=O)NC(CCC(=O)OC(C)(C)C)C(=O)OC(C)(C)C)C(=O)OC(C)(C)C)Cc2nccn2CC(=O)N(CC(=O)OC(C)(C)C)CC(=O)OC(C)(C)C)cc1. The molecule has 0 saturated carbocycles. The summed E-state index contributed by atoms with van der Waals surface area (Å²) < 4.78 is 34.7. The molecule has 0 aliphatic heterocycles. The average Bonchev–Trinajstić information content (AvgIpc) is 3.71. The number of hydrogen-bond acceptors (Lipinski definition) is 16. The number of nitrogens with zero attached hydrogens (tertiary/aromatic N) is 4. The first-order chi connectivity index (χ1) is 36.5. The van der Waals surface area contributed by atoms with Gasteiger partial charge in [-0.15, -0.1) is 6.42 Å². The topological polar surface area (TPSA) is 252 Å². The lowest BCUT2D eigenvalue weighted by Gasteiger charge is -2.27. The molecule has 3 N–H and O–H groups in total. The molecule has 0 fully saturated rings. The Labute approximate surface area is 468 Å². The summed E-state index contributed by atoms with van der Waals surface area (Å²) >= 11 is 0. The first-order valence-electron chi connectivity index (χ1n) is 27.1. The number of carbonyl (C=O) groups is 8. The van der Waals surface area contributed by atoms with Crippen LogP contribution in [0.1, 0.15) is 173 Å². The maximum Gasteiger partial charge on any atom is 0.329 e. The summed E-state index contributed by atoms with van der Waals surface area (Å²) in [5, 5.41) is 8.14. The van der Waals surface area contributed by atoms with Crippen molar-refractivity contribution < 1.29 is 66.8 Å². The highest BCUT2D eigenvalue weighted by atomic mass is 16.6. The minimum absolute atomic E-state index is 0.104. The van der Waals surface area contributed by atoms with Crippen LogP contribution in [0.3, 0.4) is 0 Å². The zero-order valence-electron chi connectivity index (χ0n) is 49.7. The van der Waals surface area contributed by atoms with Gasteiger partial charge in [0.05, 0.1) is 6.54 Å². The van der Waals surface area contributed by atoms with E-state index in [1.54, 1.807) is 121 Å². The van der Waals surface area contributed by atoms with Gasteiger partial charge in [0.25, 0.3) is 0 Å². The van der Waals surface area contributed by atoms with Gasteiger partial charge in [-0.2, -0.15) is 0 Å². The summed E-state index contributed by atoms with van der Waals surface area (Å²) in [6.07, 6.45) is 11.8. The van der Waals surface area contributed by atoms with Crippen LogP contribution in [0.25, 0.3) is 0 Å². The maximum absolute atomic E-state index is 13.8. The number of unbranched alkanes of at least 4 members (excludes halogenated alkanes) is 3. The van der Waals surface area contributed by atoms with Gasteiger partial charge < -0.3 is 53.8 Å². The molecule has 2 atom stereocenters. The van der Waals surface area contributed by atoms with Crippen molar-refractivity contribution in [2.45, 2.75) is 221 Å². The van der Waals surface area contributed by atoms with E-state index >= 15 is 0 Å². The first kappa shape index (κ1) is 68.4. The van der Waals surface area contributed by atoms with Crippen molar-refractivity contribution in [3.63, 3.8) is 0 Å². The Kier molecular flexibility index (Phi) is 27.5. The van der Waals surface area contributed by atoms with E-state index in [-0.39, 0.29) is 44.7 Å². The van der Waals surface area contributed by atoms with E-state index in [4.69, 9.17) is 34.8 Å². The number of hydrogen-bond donors (Lipinski definition) is 3. The molecule has 0 radical (unpaired) electrons. The number of nitrogens with one attached hydrogen (secondary N) is 3. The molecule has 0 spiro atoms. The van der Waals surface area contributed by atoms with Crippen LogP contribution in [0.5, 0.6) is 5.75 Å². The molecule has 2 unspecified atom stereocenters. The van der Waals surface area contributed by atoms with E-state index in [0.717, 1.165) is 23.3 Å². The summed E-state index contributed by atoms with van der Waals surface area (Å²) in [4.78, 5) is 113. The van der Waals surface area contributed by atoms with E-state index in [1.807, 2.05) is 24.3 Å². The number of aromatic nitrogens is 2. The molecule has 2 aromatic rings. The largest absolute Gasteiger partial charge is 0.481 e. The molecule has 1 aromatic heterocycles. The Morgan fingerprint density at radius 1 is 0.620 bits per heavy atom. The van der Waals surface area contributed by atoms with Gasteiger partial charge in [-0.3, -0.25) is 28.9 Å². The highest BCUT2D eigenvalue weighted by Crippen LogP contribution is 2.19. The molecule has 0 bridgehead atoms. The zero-order valence-corrected chi connectivity index (χ0v) is 49.7. The molecule has 1 aromatic carbocycles. The Morgan fingerprint density at radius 2 is 1.14 bits per heavy atom. The van der Waals surface area contributed by atoms with Gasteiger partial charge in [0.15, 0.2) is 0 Å². The third-order valence-electron chi connectivity index (χ3n) is 10.6. The standard InChI is InChI=1S/C58H91N7O14/c1-17-35-74-42-27-25-41(26-28-42)36-63(37-45-59-32-34-64(45)38-47(67)65(39-49(69)76-55(5,6)7)40-50(70)77-56(8,9)10)33-22-18-19-24-46(66)60-31-21-20-23-43(51(71)78-57(11,12)13)61-53(73)62-44(52(72)79-58(14,15)16)29-30-48(68)75-54(2,3)4/h1,25-28,32,34,43-44H,18-24,29-31,33,35-40H2,2-16H3,(H,60,66)(H2,61,62,73). The van der Waals surface area contributed by atoms with Crippen LogP contribution in [0, 0.1) is 12.3 Å². The number of esters is 5. The predicted molar refractivity (Wildman–Crippen MR) is 297 cm³/mol. The number of benzene rings is 1. The summed E-state index contributed by atoms with van der Waals surface area (Å²) in [6.45, 7) is 26.4. The van der Waals surface area contributed by atoms with Gasteiger partial charge in [-0.25, -0.2) is 19.4 Å². The van der Waals surface area contributed by atoms with Crippen LogP contribution in [0.4, 0.5) is 4.79 Å². The number of amides is 4. The van der Waals surface area contributed by atoms with E-state index < -0.39 is 95.0 Å². The monoisotopic (exact) mass is 1110 g/mol. The quantitative estimate of drug-likeness (QED) is 0.0305. The Bertz CT molecular complexity index is 2310. The van der Waals surface area contributed by atoms with Crippen LogP contribution in [0.15, 0.2) is 36.7 Å². The van der Waals surface area contributed by atoms with Crippen molar-refractivity contribution in [2.75, 3.05) is 32.8 Å². The van der Waals surface area contributed by atoms with Crippen LogP contribution >= 0.6 is 0 Å². The molecule has 0 aliphatic rings. The zero-order chi connectivity index (χ0) is 59.8. The van der Waals surface area contributed by atoms with Crippen molar-refractivity contribution >= 4 is 47.7 Å². The van der Waals surface area contributed by atoms with Crippen molar-refractivity contribution in [1.82, 2.24) is 35.3 Å². The molecular weight excluding hydrogens is 1020 g/mol. The minimum Gasteiger partial charge on any atom is -0.481 e. The molecule has 0 aliphatic carbocycles. The second-order valence-corrected chi connectivity index (χ2v) is 24.3. The summed E-state index contributed by atoms with van der Waals surface area (Å²) in [6, 6.07) is 4.42. The molecule has 79 heavy (non-hydrogen) atoms. The van der Waals surface area contributed by atoms with Gasteiger partial charge in [0, 0.05) is 38.3 Å². The van der Waals surface area contributed by atoms with Gasteiger partial charge in [0.2, 0.25) is 11.8 Å². The summed E-state index contributed by atoms with van der Waals surface area (Å²) in [5.41, 5.74) is -3.11. The fourth-order valence-corrected chi connectivity index (χ4v) is 7.51. The highest BCUT2D eigenvalue weighted by molar-refractivity contribution is 5.88. The molecular formula is C58H91N7O14. The van der Waals surface area contributed by atoms with Crippen LogP contribution < -0.4 is 20.7 Å². The number of rotatable bonds is 30. The van der Waals surface area contributed by atoms with E-state index in [9.17, 15) is 38.4 Å². The lowest BCUT2D eigenvalue weighted by Crippen LogP contribution is -2.53. The van der Waals surface area contributed by atoms with Crippen LogP contribution in [-0.4, -0.2) is 140 Å². The van der Waals surface area contributed by atoms with Crippen molar-refractivity contribution in [3.05, 3.63) is 48.0 Å². The number of carbonyl (C=O) groups excluding carboxylic acids is 8. The van der Waals surface area contributed by atoms with E-state index in [1.165, 1.54) is 0 Å². The molecule has 2 rings (SSSR count). The smallest absolute Gasteiger partial charge is 0.329 e. The second-order valence-electron chi connectivity index (χ2n) is 24.3. The van der Waals surface area contributed by atoms with Crippen LogP contribution in [-0.2, 0) is 76.9 Å². The molecule has 4 amide bonds. The van der Waals surface area contributed by atoms with Crippen LogP contribution in [0.2, 0.25) is 0 Å². The molecule has 1 heterocycles. The van der Waals surface area contributed by atoms with Crippen molar-refractivity contribution in [2.24, 2.45) is 0 Å². The third kappa shape index (κ3) is 32.1. The minimum atomic E-state index is -1.22. The Balaban J connectivity index is 2.07.